The van der Waals surface area contributed by atoms with Crippen LogP contribution in [0.15, 0.2) is 30.6 Å². The Morgan fingerprint density at radius 2 is 2.06 bits per heavy atom. The van der Waals surface area contributed by atoms with E-state index in [1.165, 1.54) is 23.6 Å². The minimum atomic E-state index is -0.309. The van der Waals surface area contributed by atoms with Gasteiger partial charge in [-0.15, -0.1) is 11.3 Å². The van der Waals surface area contributed by atoms with Crippen molar-refractivity contribution in [1.29, 1.82) is 0 Å². The lowest BCUT2D eigenvalue weighted by Gasteiger charge is -1.90. The summed E-state index contributed by atoms with van der Waals surface area (Å²) in [6.45, 7) is 0. The van der Waals surface area contributed by atoms with Crippen LogP contribution < -0.4 is 0 Å². The second kappa shape index (κ2) is 3.98. The van der Waals surface area contributed by atoms with E-state index in [2.05, 4.69) is 4.98 Å². The second-order valence-corrected chi connectivity index (χ2v) is 5.76. The van der Waals surface area contributed by atoms with Crippen LogP contribution in [0.1, 0.15) is 0 Å². The number of fused-ring (bicyclic) bond motifs is 1. The largest absolute Gasteiger partial charge is 0.304 e. The molecule has 3 aromatic rings. The number of aromatic nitrogens is 2. The molecule has 0 bridgehead atoms. The summed E-state index contributed by atoms with van der Waals surface area (Å²) in [6, 6.07) is 4.74. The third-order valence-corrected chi connectivity index (χ3v) is 3.84. The summed E-state index contributed by atoms with van der Waals surface area (Å²) in [6.07, 6.45) is 3.09. The molecule has 0 aliphatic carbocycles. The summed E-state index contributed by atoms with van der Waals surface area (Å²) >= 11 is 13.2. The van der Waals surface area contributed by atoms with E-state index in [1.54, 1.807) is 22.7 Å². The maximum atomic E-state index is 13.0. The van der Waals surface area contributed by atoms with E-state index in [4.69, 9.17) is 23.2 Å². The first-order chi connectivity index (χ1) is 8.13. The lowest BCUT2D eigenvalue weighted by molar-refractivity contribution is 0.619. The number of thiophene rings is 1. The molecule has 3 rings (SSSR count). The zero-order valence-corrected chi connectivity index (χ0v) is 10.7. The highest BCUT2D eigenvalue weighted by Crippen LogP contribution is 2.37. The van der Waals surface area contributed by atoms with Gasteiger partial charge in [-0.25, -0.2) is 9.37 Å². The Morgan fingerprint density at radius 3 is 2.76 bits per heavy atom. The van der Waals surface area contributed by atoms with Gasteiger partial charge in [0.1, 0.15) is 15.8 Å². The quantitative estimate of drug-likeness (QED) is 0.643. The van der Waals surface area contributed by atoms with E-state index in [-0.39, 0.29) is 5.82 Å². The Hall–Kier alpha value is -1.10. The van der Waals surface area contributed by atoms with Crippen LogP contribution in [-0.2, 0) is 0 Å². The van der Waals surface area contributed by atoms with Crippen LogP contribution in [0.5, 0.6) is 0 Å². The van der Waals surface area contributed by atoms with Crippen molar-refractivity contribution in [3.63, 3.8) is 0 Å². The summed E-state index contributed by atoms with van der Waals surface area (Å²) in [4.78, 5) is 4.36. The molecule has 17 heavy (non-hydrogen) atoms. The van der Waals surface area contributed by atoms with Crippen molar-refractivity contribution in [3.8, 4) is 11.3 Å². The number of pyridine rings is 1. The van der Waals surface area contributed by atoms with E-state index in [1.807, 2.05) is 0 Å². The summed E-state index contributed by atoms with van der Waals surface area (Å²) in [5.41, 5.74) is 2.12. The normalized spacial score (nSPS) is 11.2. The summed E-state index contributed by atoms with van der Waals surface area (Å²) < 4.78 is 15.8. The van der Waals surface area contributed by atoms with Crippen LogP contribution in [-0.4, -0.2) is 9.38 Å². The number of imidazole rings is 1. The molecule has 0 aliphatic heterocycles. The number of hydrogen-bond donors (Lipinski definition) is 0. The molecule has 0 radical (unpaired) electrons. The molecule has 86 valence electrons. The fraction of sp³-hybridized carbons (Fsp3) is 0. The Labute approximate surface area is 110 Å². The Kier molecular flexibility index (Phi) is 2.58. The van der Waals surface area contributed by atoms with Gasteiger partial charge in [0.05, 0.1) is 10.0 Å². The number of halogens is 3. The van der Waals surface area contributed by atoms with Gasteiger partial charge >= 0.3 is 0 Å². The molecule has 2 nitrogen and oxygen atoms in total. The van der Waals surface area contributed by atoms with E-state index >= 15 is 0 Å². The van der Waals surface area contributed by atoms with Crippen molar-refractivity contribution in [3.05, 3.63) is 45.1 Å². The van der Waals surface area contributed by atoms with Crippen LogP contribution in [0.2, 0.25) is 8.67 Å². The Balaban J connectivity index is 2.21. The van der Waals surface area contributed by atoms with E-state index in [0.29, 0.717) is 20.0 Å². The van der Waals surface area contributed by atoms with E-state index in [9.17, 15) is 4.39 Å². The van der Waals surface area contributed by atoms with Crippen molar-refractivity contribution >= 4 is 40.2 Å². The molecule has 0 fully saturated rings. The first-order valence-corrected chi connectivity index (χ1v) is 6.30. The maximum Gasteiger partial charge on any atom is 0.139 e. The van der Waals surface area contributed by atoms with Gasteiger partial charge in [0.25, 0.3) is 0 Å². The molecule has 0 spiro atoms. The third-order valence-electron chi connectivity index (χ3n) is 2.35. The third kappa shape index (κ3) is 1.92. The smallest absolute Gasteiger partial charge is 0.139 e. The van der Waals surface area contributed by atoms with E-state index in [0.717, 1.165) is 5.56 Å². The van der Waals surface area contributed by atoms with Crippen LogP contribution in [0.25, 0.3) is 16.9 Å². The van der Waals surface area contributed by atoms with Gasteiger partial charge in [-0.1, -0.05) is 23.2 Å². The minimum absolute atomic E-state index is 0.309. The van der Waals surface area contributed by atoms with Crippen LogP contribution >= 0.6 is 34.5 Å². The van der Waals surface area contributed by atoms with Crippen LogP contribution in [0.4, 0.5) is 4.39 Å². The highest BCUT2D eigenvalue weighted by molar-refractivity contribution is 7.20. The number of hydrogen-bond acceptors (Lipinski definition) is 2. The van der Waals surface area contributed by atoms with E-state index < -0.39 is 0 Å². The monoisotopic (exact) mass is 286 g/mol. The highest BCUT2D eigenvalue weighted by Gasteiger charge is 2.12. The molecular weight excluding hydrogens is 282 g/mol. The van der Waals surface area contributed by atoms with Gasteiger partial charge in [0.2, 0.25) is 0 Å². The first kappa shape index (κ1) is 11.0. The van der Waals surface area contributed by atoms with Crippen molar-refractivity contribution < 1.29 is 4.39 Å². The molecule has 0 atom stereocenters. The van der Waals surface area contributed by atoms with Gasteiger partial charge in [-0.05, 0) is 18.2 Å². The predicted octanol–water partition coefficient (Wildman–Crippen LogP) is 4.51. The maximum absolute atomic E-state index is 13.0. The molecule has 0 unspecified atom stereocenters. The first-order valence-electron chi connectivity index (χ1n) is 4.73. The molecule has 3 heterocycles. The fourth-order valence-electron chi connectivity index (χ4n) is 1.61. The SMILES string of the molecule is Fc1ccc2nc(-c3cc(Cl)sc3Cl)cn2c1. The highest BCUT2D eigenvalue weighted by atomic mass is 35.5. The molecule has 0 amide bonds. The number of nitrogens with zero attached hydrogens (tertiary/aromatic N) is 2. The summed E-state index contributed by atoms with van der Waals surface area (Å²) in [5, 5.41) is 0. The van der Waals surface area contributed by atoms with Gasteiger partial charge in [-0.2, -0.15) is 0 Å². The molecule has 0 aliphatic rings. The topological polar surface area (TPSA) is 17.3 Å². The van der Waals surface area contributed by atoms with Crippen molar-refractivity contribution in [2.45, 2.75) is 0 Å². The average Bonchev–Trinajstić information content (AvgIpc) is 2.80. The van der Waals surface area contributed by atoms with Crippen LogP contribution in [0, 0.1) is 5.82 Å². The molecular formula is C11H5Cl2FN2S. The fourth-order valence-corrected chi connectivity index (χ4v) is 3.09. The molecule has 6 heteroatoms. The van der Waals surface area contributed by atoms with Crippen molar-refractivity contribution in [1.82, 2.24) is 9.38 Å². The molecule has 3 aromatic heterocycles. The minimum Gasteiger partial charge on any atom is -0.304 e. The zero-order chi connectivity index (χ0) is 12.0. The predicted molar refractivity (Wildman–Crippen MR) is 68.5 cm³/mol. The average molecular weight is 287 g/mol. The number of rotatable bonds is 1. The second-order valence-electron chi connectivity index (χ2n) is 3.48. The van der Waals surface area contributed by atoms with Gasteiger partial charge in [0, 0.05) is 18.0 Å². The Morgan fingerprint density at radius 1 is 1.24 bits per heavy atom. The Bertz CT molecular complexity index is 705. The molecule has 0 aromatic carbocycles. The summed E-state index contributed by atoms with van der Waals surface area (Å²) in [7, 11) is 0. The van der Waals surface area contributed by atoms with Gasteiger partial charge < -0.3 is 4.40 Å². The molecule has 0 saturated heterocycles. The van der Waals surface area contributed by atoms with Crippen LogP contribution in [0.3, 0.4) is 0 Å². The van der Waals surface area contributed by atoms with Gasteiger partial charge in [-0.3, -0.25) is 0 Å². The zero-order valence-electron chi connectivity index (χ0n) is 8.32. The van der Waals surface area contributed by atoms with Crippen molar-refractivity contribution in [2.75, 3.05) is 0 Å². The van der Waals surface area contributed by atoms with Gasteiger partial charge in [0.15, 0.2) is 0 Å². The standard InChI is InChI=1S/C11H5Cl2FN2S/c12-9-3-7(11(13)17-9)8-5-16-4-6(14)1-2-10(16)15-8/h1-5H. The lowest BCUT2D eigenvalue weighted by Crippen LogP contribution is -1.83. The van der Waals surface area contributed by atoms with Crippen molar-refractivity contribution in [2.24, 2.45) is 0 Å². The molecule has 0 N–H and O–H groups in total. The molecule has 0 saturated carbocycles. The summed E-state index contributed by atoms with van der Waals surface area (Å²) in [5.74, 6) is -0.309. The lowest BCUT2D eigenvalue weighted by atomic mass is 10.3.